The number of methoxy groups -OCH3 is 1. The van der Waals surface area contributed by atoms with Crippen LogP contribution in [0.25, 0.3) is 22.5 Å². The van der Waals surface area contributed by atoms with E-state index in [1.807, 2.05) is 96.7 Å². The van der Waals surface area contributed by atoms with Crippen molar-refractivity contribution in [2.24, 2.45) is 11.8 Å². The van der Waals surface area contributed by atoms with E-state index in [1.165, 1.54) is 0 Å². The van der Waals surface area contributed by atoms with Gasteiger partial charge in [0.15, 0.2) is 0 Å². The van der Waals surface area contributed by atoms with Crippen LogP contribution in [0.2, 0.25) is 0 Å². The molecule has 66 heavy (non-hydrogen) atoms. The SMILES string of the molecule is CCN(C(=O)c1ccc(-c2cc(CC(NC(=O)C3CCC(CNC(=O)OC(C)(C)C)CC3)C(=O)Nc3ccc(-c4nn[nH]n4)cc3)ccc2OC)c(C)c1)C1CCN(C(=O)OC(C)(C)C)C1. The molecule has 0 spiro atoms. The van der Waals surface area contributed by atoms with Gasteiger partial charge in [-0.2, -0.15) is 5.21 Å². The van der Waals surface area contributed by atoms with Crippen molar-refractivity contribution in [3.05, 3.63) is 77.4 Å². The highest BCUT2D eigenvalue weighted by Crippen LogP contribution is 2.35. The van der Waals surface area contributed by atoms with Crippen molar-refractivity contribution in [1.29, 1.82) is 0 Å². The van der Waals surface area contributed by atoms with E-state index in [2.05, 4.69) is 36.6 Å². The van der Waals surface area contributed by atoms with E-state index in [0.717, 1.165) is 35.1 Å². The molecule has 2 atom stereocenters. The molecule has 17 nitrogen and oxygen atoms in total. The fraction of sp³-hybridized carbons (Fsp3) is 0.510. The van der Waals surface area contributed by atoms with Gasteiger partial charge in [0.05, 0.1) is 13.2 Å². The summed E-state index contributed by atoms with van der Waals surface area (Å²) in [7, 11) is 1.59. The molecule has 4 aromatic rings. The largest absolute Gasteiger partial charge is 0.496 e. The normalized spacial score (nSPS) is 17.9. The Morgan fingerprint density at radius 1 is 0.879 bits per heavy atom. The lowest BCUT2D eigenvalue weighted by Gasteiger charge is -2.29. The third-order valence-electron chi connectivity index (χ3n) is 11.9. The smallest absolute Gasteiger partial charge is 0.410 e. The highest BCUT2D eigenvalue weighted by atomic mass is 16.6. The first kappa shape index (κ1) is 48.9. The first-order chi connectivity index (χ1) is 31.3. The maximum absolute atomic E-state index is 14.2. The number of likely N-dealkylation sites (N-methyl/N-ethyl adjacent to an activating group) is 1. The van der Waals surface area contributed by atoms with Crippen LogP contribution in [0, 0.1) is 18.8 Å². The number of nitrogens with one attached hydrogen (secondary N) is 4. The molecule has 1 saturated carbocycles. The van der Waals surface area contributed by atoms with Gasteiger partial charge in [-0.15, -0.1) is 10.2 Å². The predicted molar refractivity (Wildman–Crippen MR) is 250 cm³/mol. The Kier molecular flexibility index (Phi) is 15.7. The third kappa shape index (κ3) is 13.1. The van der Waals surface area contributed by atoms with E-state index in [9.17, 15) is 24.0 Å². The van der Waals surface area contributed by atoms with Crippen LogP contribution in [0.1, 0.15) is 102 Å². The summed E-state index contributed by atoms with van der Waals surface area (Å²) in [6.45, 7) is 16.7. The number of aromatic nitrogens is 4. The molecule has 0 radical (unpaired) electrons. The van der Waals surface area contributed by atoms with E-state index in [0.29, 0.717) is 73.8 Å². The fourth-order valence-electron chi connectivity index (χ4n) is 8.53. The number of carbonyl (C=O) groups is 5. The molecule has 1 aliphatic carbocycles. The molecule has 3 aromatic carbocycles. The average Bonchev–Trinajstić information content (AvgIpc) is 3.99. The van der Waals surface area contributed by atoms with Crippen LogP contribution in [-0.2, 0) is 25.5 Å². The number of benzene rings is 3. The number of anilines is 1. The predicted octanol–water partition coefficient (Wildman–Crippen LogP) is 7.32. The van der Waals surface area contributed by atoms with E-state index < -0.39 is 23.3 Å². The summed E-state index contributed by atoms with van der Waals surface area (Å²) in [6.07, 6.45) is 2.71. The summed E-state index contributed by atoms with van der Waals surface area (Å²) in [5.41, 5.74) is 3.80. The molecule has 2 aliphatic rings. The Balaban J connectivity index is 1.18. The van der Waals surface area contributed by atoms with Gasteiger partial charge >= 0.3 is 12.2 Å². The summed E-state index contributed by atoms with van der Waals surface area (Å²) in [4.78, 5) is 70.6. The Bertz CT molecular complexity index is 2330. The third-order valence-corrected chi connectivity index (χ3v) is 11.9. The zero-order valence-corrected chi connectivity index (χ0v) is 39.7. The topological polar surface area (TPSA) is 210 Å². The number of ether oxygens (including phenoxy) is 3. The highest BCUT2D eigenvalue weighted by molar-refractivity contribution is 5.98. The van der Waals surface area contributed by atoms with E-state index in [-0.39, 0.29) is 48.1 Å². The van der Waals surface area contributed by atoms with Gasteiger partial charge in [-0.25, -0.2) is 9.59 Å². The number of aromatic amines is 1. The van der Waals surface area contributed by atoms with Crippen molar-refractivity contribution in [2.45, 2.75) is 117 Å². The second-order valence-electron chi connectivity index (χ2n) is 19.2. The van der Waals surface area contributed by atoms with E-state index in [1.54, 1.807) is 36.3 Å². The first-order valence-corrected chi connectivity index (χ1v) is 22.8. The molecule has 0 bridgehead atoms. The number of hydrogen-bond acceptors (Lipinski definition) is 11. The van der Waals surface area contributed by atoms with Gasteiger partial charge in [0.25, 0.3) is 5.91 Å². The van der Waals surface area contributed by atoms with Gasteiger partial charge in [-0.3, -0.25) is 14.4 Å². The summed E-state index contributed by atoms with van der Waals surface area (Å²) in [6, 6.07) is 17.2. The summed E-state index contributed by atoms with van der Waals surface area (Å²) < 4.78 is 16.8. The molecule has 17 heteroatoms. The monoisotopic (exact) mass is 907 g/mol. The molecule has 1 aliphatic heterocycles. The zero-order valence-electron chi connectivity index (χ0n) is 39.7. The standard InChI is InChI=1S/C49H65N9O8/c1-10-58(37-23-24-57(29-37)47(63)66-49(6,7)8)45(61)35-18-21-38(30(2)25-35)39-26-32(13-22-41(39)64-9)27-40(44(60)51-36-19-16-33(17-20-36)42-53-55-56-54-42)52-43(59)34-14-11-31(12-15-34)28-50-46(62)65-48(3,4)5/h13,16-22,25-26,31,34,37,40H,10-12,14-15,23-24,27-29H2,1-9H3,(H,50,62)(H,51,60)(H,52,59)(H,53,54,55,56). The van der Waals surface area contributed by atoms with Gasteiger partial charge in [0.2, 0.25) is 17.6 Å². The average molecular weight is 908 g/mol. The van der Waals surface area contributed by atoms with Crippen molar-refractivity contribution >= 4 is 35.6 Å². The zero-order chi connectivity index (χ0) is 47.8. The van der Waals surface area contributed by atoms with E-state index in [4.69, 9.17) is 14.2 Å². The minimum Gasteiger partial charge on any atom is -0.496 e. The number of rotatable bonds is 14. The summed E-state index contributed by atoms with van der Waals surface area (Å²) >= 11 is 0. The number of H-pyrrole nitrogens is 1. The van der Waals surface area contributed by atoms with Crippen LogP contribution < -0.4 is 20.7 Å². The molecule has 2 fully saturated rings. The number of nitrogens with zero attached hydrogens (tertiary/aromatic N) is 5. The molecule has 5 amide bonds. The van der Waals surface area contributed by atoms with Crippen LogP contribution >= 0.6 is 0 Å². The number of likely N-dealkylation sites (tertiary alicyclic amines) is 1. The second kappa shape index (κ2) is 21.2. The number of hydrogen-bond donors (Lipinski definition) is 4. The maximum Gasteiger partial charge on any atom is 0.410 e. The quantitative estimate of drug-likeness (QED) is 0.0985. The van der Waals surface area contributed by atoms with Crippen molar-refractivity contribution in [3.63, 3.8) is 0 Å². The second-order valence-corrected chi connectivity index (χ2v) is 19.2. The Morgan fingerprint density at radius 3 is 2.21 bits per heavy atom. The number of carbonyl (C=O) groups excluding carboxylic acids is 5. The van der Waals surface area contributed by atoms with Crippen LogP contribution in [0.15, 0.2) is 60.7 Å². The number of alkyl carbamates (subject to hydrolysis) is 1. The van der Waals surface area contributed by atoms with Crippen LogP contribution in [0.3, 0.4) is 0 Å². The van der Waals surface area contributed by atoms with Crippen molar-refractivity contribution in [3.8, 4) is 28.3 Å². The van der Waals surface area contributed by atoms with E-state index >= 15 is 0 Å². The molecule has 354 valence electrons. The van der Waals surface area contributed by atoms with Gasteiger partial charge in [0.1, 0.15) is 23.0 Å². The minimum atomic E-state index is -0.940. The van der Waals surface area contributed by atoms with Crippen LogP contribution in [0.4, 0.5) is 15.3 Å². The van der Waals surface area contributed by atoms with Crippen molar-refractivity contribution < 1.29 is 38.2 Å². The van der Waals surface area contributed by atoms with Crippen molar-refractivity contribution in [1.82, 2.24) is 41.1 Å². The van der Waals surface area contributed by atoms with Gasteiger partial charge in [-0.05, 0) is 164 Å². The lowest BCUT2D eigenvalue weighted by atomic mass is 9.81. The van der Waals surface area contributed by atoms with Crippen LogP contribution in [0.5, 0.6) is 5.75 Å². The molecule has 4 N–H and O–H groups in total. The molecule has 1 saturated heterocycles. The Hall–Kier alpha value is -6.52. The fourth-order valence-corrected chi connectivity index (χ4v) is 8.53. The summed E-state index contributed by atoms with van der Waals surface area (Å²) in [5, 5.41) is 23.0. The van der Waals surface area contributed by atoms with Crippen molar-refractivity contribution in [2.75, 3.05) is 38.6 Å². The summed E-state index contributed by atoms with van der Waals surface area (Å²) in [5.74, 6) is 0.211. The maximum atomic E-state index is 14.2. The number of amides is 5. The van der Waals surface area contributed by atoms with Crippen LogP contribution in [-0.4, -0.2) is 117 Å². The van der Waals surface area contributed by atoms with Gasteiger partial charge in [0, 0.05) is 60.9 Å². The van der Waals surface area contributed by atoms with Gasteiger partial charge in [-0.1, -0.05) is 12.1 Å². The highest BCUT2D eigenvalue weighted by Gasteiger charge is 2.35. The number of tetrazole rings is 1. The number of aryl methyl sites for hydroxylation is 1. The molecule has 1 aromatic heterocycles. The molecule has 2 heterocycles. The molecule has 6 rings (SSSR count). The van der Waals surface area contributed by atoms with Gasteiger partial charge < -0.3 is 40.0 Å². The molecular formula is C49H65N9O8. The minimum absolute atomic E-state index is 0.121. The Labute approximate surface area is 387 Å². The lowest BCUT2D eigenvalue weighted by molar-refractivity contribution is -0.130. The first-order valence-electron chi connectivity index (χ1n) is 22.8. The molecular weight excluding hydrogens is 843 g/mol. The molecule has 2 unspecified atom stereocenters. The lowest BCUT2D eigenvalue weighted by Crippen LogP contribution is -2.48. The Morgan fingerprint density at radius 2 is 1.59 bits per heavy atom.